The van der Waals surface area contributed by atoms with Gasteiger partial charge in [-0.3, -0.25) is 4.79 Å². The van der Waals surface area contributed by atoms with E-state index in [0.29, 0.717) is 13.1 Å². The molecule has 0 aromatic carbocycles. The van der Waals surface area contributed by atoms with E-state index >= 15 is 0 Å². The zero-order valence-corrected chi connectivity index (χ0v) is 12.8. The molecule has 0 fully saturated rings. The van der Waals surface area contributed by atoms with E-state index in [4.69, 9.17) is 5.73 Å². The van der Waals surface area contributed by atoms with Gasteiger partial charge < -0.3 is 11.1 Å². The van der Waals surface area contributed by atoms with Crippen molar-refractivity contribution in [3.8, 4) is 0 Å². The van der Waals surface area contributed by atoms with Gasteiger partial charge in [-0.2, -0.15) is 0 Å². The van der Waals surface area contributed by atoms with Crippen molar-refractivity contribution >= 4 is 52.2 Å². The summed E-state index contributed by atoms with van der Waals surface area (Å²) in [6, 6.07) is 4.19. The van der Waals surface area contributed by atoms with Crippen LogP contribution in [0.5, 0.6) is 0 Å². The fourth-order valence-corrected chi connectivity index (χ4v) is 2.83. The second-order valence-electron chi connectivity index (χ2n) is 3.38. The lowest BCUT2D eigenvalue weighted by atomic mass is 10.1. The van der Waals surface area contributed by atoms with E-state index in [1.54, 1.807) is 11.3 Å². The fourth-order valence-electron chi connectivity index (χ4n) is 1.08. The van der Waals surface area contributed by atoms with Crippen molar-refractivity contribution in [2.24, 2.45) is 11.7 Å². The van der Waals surface area contributed by atoms with Gasteiger partial charge in [-0.1, -0.05) is 6.92 Å². The minimum atomic E-state index is -0.0894. The average Bonchev–Trinajstić information content (AvgIpc) is 2.63. The molecule has 0 radical (unpaired) electrons. The quantitative estimate of drug-likeness (QED) is 0.775. The van der Waals surface area contributed by atoms with Crippen LogP contribution in [0.4, 0.5) is 0 Å². The van der Waals surface area contributed by atoms with Gasteiger partial charge in [0.15, 0.2) is 0 Å². The Bertz CT molecular complexity index is 332. The van der Waals surface area contributed by atoms with Crippen molar-refractivity contribution in [1.29, 1.82) is 0 Å². The molecule has 3 nitrogen and oxygen atoms in total. The highest BCUT2D eigenvalue weighted by Gasteiger charge is 2.09. The highest BCUT2D eigenvalue weighted by Crippen LogP contribution is 2.18. The topological polar surface area (TPSA) is 55.1 Å². The molecule has 0 aliphatic rings. The van der Waals surface area contributed by atoms with E-state index in [1.165, 1.54) is 7.76 Å². The van der Waals surface area contributed by atoms with Gasteiger partial charge >= 0.3 is 0 Å². The largest absolute Gasteiger partial charge is 0.355 e. The molecule has 3 N–H and O–H groups in total. The van der Waals surface area contributed by atoms with Crippen molar-refractivity contribution in [2.75, 3.05) is 13.1 Å². The third-order valence-corrected chi connectivity index (χ3v) is 4.05. The number of halogens is 2. The molecule has 0 saturated carbocycles. The maximum Gasteiger partial charge on any atom is 0.224 e. The predicted molar refractivity (Wildman–Crippen MR) is 79.2 cm³/mol. The minimum absolute atomic E-state index is 0. The zero-order valence-electron chi connectivity index (χ0n) is 9.03. The first-order valence-electron chi connectivity index (χ1n) is 4.85. The SMILES string of the molecule is CC(CN)C(=O)NCCc1ccc(I)s1.Cl. The number of nitrogens with one attached hydrogen (secondary N) is 1. The van der Waals surface area contributed by atoms with Gasteiger partial charge in [0.25, 0.3) is 0 Å². The molecule has 0 aliphatic heterocycles. The molecular formula is C10H16ClIN2OS. The number of hydrogen-bond acceptors (Lipinski definition) is 3. The van der Waals surface area contributed by atoms with Gasteiger partial charge in [0, 0.05) is 23.9 Å². The molecule has 0 spiro atoms. The standard InChI is InChI=1S/C10H15IN2OS.ClH/c1-7(6-12)10(14)13-5-4-8-2-3-9(11)15-8;/h2-3,7H,4-6,12H2,1H3,(H,13,14);1H. The van der Waals surface area contributed by atoms with Crippen LogP contribution >= 0.6 is 46.3 Å². The number of carbonyl (C=O) groups is 1. The molecule has 1 aromatic rings. The number of carbonyl (C=O) groups excluding carboxylic acids is 1. The molecule has 0 aliphatic carbocycles. The van der Waals surface area contributed by atoms with E-state index < -0.39 is 0 Å². The lowest BCUT2D eigenvalue weighted by Gasteiger charge is -2.08. The molecule has 1 atom stereocenters. The van der Waals surface area contributed by atoms with E-state index in [2.05, 4.69) is 40.0 Å². The van der Waals surface area contributed by atoms with Crippen molar-refractivity contribution in [1.82, 2.24) is 5.32 Å². The average molecular weight is 375 g/mol. The van der Waals surface area contributed by atoms with Gasteiger partial charge in [0.1, 0.15) is 0 Å². The van der Waals surface area contributed by atoms with Crippen LogP contribution in [-0.2, 0) is 11.2 Å². The fraction of sp³-hybridized carbons (Fsp3) is 0.500. The van der Waals surface area contributed by atoms with Crippen LogP contribution in [0, 0.1) is 8.80 Å². The van der Waals surface area contributed by atoms with Crippen LogP contribution in [0.2, 0.25) is 0 Å². The summed E-state index contributed by atoms with van der Waals surface area (Å²) in [4.78, 5) is 12.7. The highest BCUT2D eigenvalue weighted by atomic mass is 127. The van der Waals surface area contributed by atoms with Crippen LogP contribution in [-0.4, -0.2) is 19.0 Å². The maximum atomic E-state index is 11.4. The van der Waals surface area contributed by atoms with Crippen LogP contribution in [0.15, 0.2) is 12.1 Å². The first-order chi connectivity index (χ1) is 7.13. The molecule has 0 bridgehead atoms. The Balaban J connectivity index is 0.00000225. The van der Waals surface area contributed by atoms with Crippen LogP contribution < -0.4 is 11.1 Å². The summed E-state index contributed by atoms with van der Waals surface area (Å²) in [5, 5.41) is 2.88. The Morgan fingerprint density at radius 1 is 1.62 bits per heavy atom. The summed E-state index contributed by atoms with van der Waals surface area (Å²) in [5.41, 5.74) is 5.40. The molecule has 1 unspecified atom stereocenters. The van der Waals surface area contributed by atoms with Crippen molar-refractivity contribution < 1.29 is 4.79 Å². The third-order valence-electron chi connectivity index (χ3n) is 2.10. The van der Waals surface area contributed by atoms with Crippen molar-refractivity contribution in [3.63, 3.8) is 0 Å². The summed E-state index contributed by atoms with van der Waals surface area (Å²) in [6.07, 6.45) is 0.900. The molecule has 1 aromatic heterocycles. The number of nitrogens with two attached hydrogens (primary N) is 1. The lowest BCUT2D eigenvalue weighted by molar-refractivity contribution is -0.124. The normalized spacial score (nSPS) is 11.7. The van der Waals surface area contributed by atoms with Crippen LogP contribution in [0.3, 0.4) is 0 Å². The van der Waals surface area contributed by atoms with E-state index in [9.17, 15) is 4.79 Å². The zero-order chi connectivity index (χ0) is 11.3. The summed E-state index contributed by atoms with van der Waals surface area (Å²) in [5.74, 6) is -0.0442. The molecule has 6 heteroatoms. The second kappa shape index (κ2) is 8.27. The number of rotatable bonds is 5. The van der Waals surface area contributed by atoms with E-state index in [0.717, 1.165) is 6.42 Å². The first-order valence-corrected chi connectivity index (χ1v) is 6.75. The molecule has 0 saturated heterocycles. The molecule has 1 amide bonds. The third kappa shape index (κ3) is 5.47. The Morgan fingerprint density at radius 2 is 2.31 bits per heavy atom. The number of amides is 1. The van der Waals surface area contributed by atoms with E-state index in [1.807, 2.05) is 6.92 Å². The van der Waals surface area contributed by atoms with Gasteiger partial charge in [-0.15, -0.1) is 23.7 Å². The van der Waals surface area contributed by atoms with Gasteiger partial charge in [-0.25, -0.2) is 0 Å². The number of thiophene rings is 1. The second-order valence-corrected chi connectivity index (χ2v) is 6.45. The Kier molecular flexibility index (Phi) is 8.35. The van der Waals surface area contributed by atoms with Gasteiger partial charge in [0.2, 0.25) is 5.91 Å². The first kappa shape index (κ1) is 16.1. The summed E-state index contributed by atoms with van der Waals surface area (Å²) >= 11 is 4.06. The molecule has 92 valence electrons. The Labute approximate surface area is 120 Å². The highest BCUT2D eigenvalue weighted by molar-refractivity contribution is 14.1. The maximum absolute atomic E-state index is 11.4. The predicted octanol–water partition coefficient (Wildman–Crippen LogP) is 2.03. The monoisotopic (exact) mass is 374 g/mol. The smallest absolute Gasteiger partial charge is 0.224 e. The molecular weight excluding hydrogens is 359 g/mol. The Morgan fingerprint density at radius 3 is 2.81 bits per heavy atom. The summed E-state index contributed by atoms with van der Waals surface area (Å²) in [7, 11) is 0. The Hall–Kier alpha value is 0.150. The molecule has 16 heavy (non-hydrogen) atoms. The lowest BCUT2D eigenvalue weighted by Crippen LogP contribution is -2.34. The van der Waals surface area contributed by atoms with Crippen LogP contribution in [0.1, 0.15) is 11.8 Å². The van der Waals surface area contributed by atoms with Crippen LogP contribution in [0.25, 0.3) is 0 Å². The van der Waals surface area contributed by atoms with E-state index in [-0.39, 0.29) is 24.2 Å². The van der Waals surface area contributed by atoms with Crippen molar-refractivity contribution in [2.45, 2.75) is 13.3 Å². The molecule has 1 rings (SSSR count). The van der Waals surface area contributed by atoms with Crippen molar-refractivity contribution in [3.05, 3.63) is 19.9 Å². The number of hydrogen-bond donors (Lipinski definition) is 2. The van der Waals surface area contributed by atoms with Gasteiger partial charge in [-0.05, 0) is 41.1 Å². The van der Waals surface area contributed by atoms with Gasteiger partial charge in [0.05, 0.1) is 2.88 Å². The minimum Gasteiger partial charge on any atom is -0.355 e. The molecule has 1 heterocycles. The summed E-state index contributed by atoms with van der Waals surface area (Å²) in [6.45, 7) is 2.94. The summed E-state index contributed by atoms with van der Waals surface area (Å²) < 4.78 is 1.28.